The van der Waals surface area contributed by atoms with Gasteiger partial charge >= 0.3 is 12.0 Å². The fourth-order valence-corrected chi connectivity index (χ4v) is 4.67. The highest BCUT2D eigenvalue weighted by Gasteiger charge is 2.51. The van der Waals surface area contributed by atoms with Gasteiger partial charge in [0, 0.05) is 19.1 Å². The molecular weight excluding hydrogens is 268 g/mol. The van der Waals surface area contributed by atoms with Crippen LogP contribution in [0.3, 0.4) is 0 Å². The average molecular weight is 294 g/mol. The summed E-state index contributed by atoms with van der Waals surface area (Å²) in [7, 11) is 0. The van der Waals surface area contributed by atoms with Crippen LogP contribution in [0.25, 0.3) is 0 Å². The third kappa shape index (κ3) is 2.74. The van der Waals surface area contributed by atoms with Crippen LogP contribution < -0.4 is 5.32 Å². The molecule has 2 N–H and O–H groups in total. The Morgan fingerprint density at radius 1 is 1.24 bits per heavy atom. The van der Waals surface area contributed by atoms with Crippen molar-refractivity contribution >= 4 is 12.0 Å². The number of rotatable bonds is 3. The summed E-state index contributed by atoms with van der Waals surface area (Å²) in [5.74, 6) is 0.117. The molecule has 118 valence electrons. The fraction of sp³-hybridized carbons (Fsp3) is 0.875. The van der Waals surface area contributed by atoms with Gasteiger partial charge in [0.15, 0.2) is 0 Å². The van der Waals surface area contributed by atoms with E-state index in [0.29, 0.717) is 11.8 Å². The number of carboxylic acid groups (broad SMARTS) is 1. The second-order valence-electron chi connectivity index (χ2n) is 7.04. The van der Waals surface area contributed by atoms with Crippen molar-refractivity contribution in [3.63, 3.8) is 0 Å². The third-order valence-electron chi connectivity index (χ3n) is 5.88. The lowest BCUT2D eigenvalue weighted by atomic mass is 9.84. The molecular formula is C16H26N2O3. The third-order valence-corrected chi connectivity index (χ3v) is 5.88. The number of urea groups is 1. The molecule has 3 rings (SSSR count). The minimum absolute atomic E-state index is 0.0445. The molecule has 2 bridgehead atoms. The number of amides is 2. The van der Waals surface area contributed by atoms with Crippen LogP contribution in [0.15, 0.2) is 0 Å². The molecule has 2 aliphatic carbocycles. The van der Waals surface area contributed by atoms with Gasteiger partial charge in [-0.15, -0.1) is 0 Å². The predicted octanol–water partition coefficient (Wildman–Crippen LogP) is 2.32. The van der Waals surface area contributed by atoms with Gasteiger partial charge in [0.2, 0.25) is 0 Å². The van der Waals surface area contributed by atoms with Crippen LogP contribution >= 0.6 is 0 Å². The Balaban J connectivity index is 1.62. The van der Waals surface area contributed by atoms with E-state index in [4.69, 9.17) is 0 Å². The van der Waals surface area contributed by atoms with Gasteiger partial charge in [0.1, 0.15) is 0 Å². The Bertz CT molecular complexity index is 426. The van der Waals surface area contributed by atoms with Crippen molar-refractivity contribution in [1.82, 2.24) is 10.2 Å². The standard InChI is InChI=1S/C16H26N2O3/c1-2-10-4-3-7-18(9-10)16(21)17-14-12-6-5-11(8-12)13(14)15(19)20/h10-14H,2-9H2,1H3,(H,17,21)(H,19,20). The van der Waals surface area contributed by atoms with Crippen molar-refractivity contribution in [2.75, 3.05) is 13.1 Å². The van der Waals surface area contributed by atoms with Crippen LogP contribution in [-0.4, -0.2) is 41.1 Å². The number of carbonyl (C=O) groups excluding carboxylic acids is 1. The fourth-order valence-electron chi connectivity index (χ4n) is 4.67. The lowest BCUT2D eigenvalue weighted by molar-refractivity contribution is -0.144. The second-order valence-corrected chi connectivity index (χ2v) is 7.04. The number of hydrogen-bond acceptors (Lipinski definition) is 2. The molecule has 1 saturated heterocycles. The topological polar surface area (TPSA) is 69.6 Å². The van der Waals surface area contributed by atoms with Crippen LogP contribution in [0, 0.1) is 23.7 Å². The summed E-state index contributed by atoms with van der Waals surface area (Å²) in [6, 6.07) is -0.201. The highest BCUT2D eigenvalue weighted by atomic mass is 16.4. The Hall–Kier alpha value is -1.26. The summed E-state index contributed by atoms with van der Waals surface area (Å²) in [6.45, 7) is 3.80. The molecule has 21 heavy (non-hydrogen) atoms. The van der Waals surface area contributed by atoms with Crippen molar-refractivity contribution in [3.8, 4) is 0 Å². The largest absolute Gasteiger partial charge is 0.481 e. The van der Waals surface area contributed by atoms with Gasteiger partial charge in [-0.05, 0) is 49.9 Å². The highest BCUT2D eigenvalue weighted by Crippen LogP contribution is 2.48. The van der Waals surface area contributed by atoms with E-state index in [9.17, 15) is 14.7 Å². The smallest absolute Gasteiger partial charge is 0.317 e. The van der Waals surface area contributed by atoms with E-state index >= 15 is 0 Å². The number of piperidine rings is 1. The van der Waals surface area contributed by atoms with Gasteiger partial charge < -0.3 is 15.3 Å². The SMILES string of the molecule is CCC1CCCN(C(=O)NC2C3CCC(C3)C2C(=O)O)C1. The van der Waals surface area contributed by atoms with Crippen LogP contribution in [0.4, 0.5) is 4.79 Å². The summed E-state index contributed by atoms with van der Waals surface area (Å²) in [5, 5.41) is 12.5. The second kappa shape index (κ2) is 5.85. The number of carbonyl (C=O) groups is 2. The Kier molecular flexibility index (Phi) is 4.09. The average Bonchev–Trinajstić information content (AvgIpc) is 3.08. The molecule has 3 aliphatic rings. The minimum Gasteiger partial charge on any atom is -0.481 e. The van der Waals surface area contributed by atoms with E-state index in [-0.39, 0.29) is 23.9 Å². The first-order valence-corrected chi connectivity index (χ1v) is 8.38. The van der Waals surface area contributed by atoms with E-state index in [1.165, 1.54) is 6.42 Å². The van der Waals surface area contributed by atoms with Crippen LogP contribution in [-0.2, 0) is 4.79 Å². The van der Waals surface area contributed by atoms with E-state index in [1.54, 1.807) is 0 Å². The molecule has 2 amide bonds. The van der Waals surface area contributed by atoms with Crippen molar-refractivity contribution in [1.29, 1.82) is 0 Å². The Labute approximate surface area is 126 Å². The Morgan fingerprint density at radius 2 is 2.00 bits per heavy atom. The first-order valence-electron chi connectivity index (χ1n) is 8.38. The molecule has 5 nitrogen and oxygen atoms in total. The number of nitrogens with zero attached hydrogens (tertiary/aromatic N) is 1. The maximum atomic E-state index is 12.5. The number of fused-ring (bicyclic) bond motifs is 2. The molecule has 0 radical (unpaired) electrons. The van der Waals surface area contributed by atoms with E-state index in [0.717, 1.165) is 45.2 Å². The van der Waals surface area contributed by atoms with E-state index in [1.807, 2.05) is 4.90 Å². The molecule has 0 aromatic rings. The number of nitrogens with one attached hydrogen (secondary N) is 1. The lowest BCUT2D eigenvalue weighted by Crippen LogP contribution is -2.53. The molecule has 1 heterocycles. The van der Waals surface area contributed by atoms with Crippen LogP contribution in [0.5, 0.6) is 0 Å². The molecule has 5 unspecified atom stereocenters. The van der Waals surface area contributed by atoms with Crippen molar-refractivity contribution in [2.24, 2.45) is 23.7 Å². The first-order chi connectivity index (χ1) is 10.1. The molecule has 1 aliphatic heterocycles. The van der Waals surface area contributed by atoms with Crippen LogP contribution in [0.1, 0.15) is 45.4 Å². The maximum Gasteiger partial charge on any atom is 0.317 e. The summed E-state index contributed by atoms with van der Waals surface area (Å²) in [6.07, 6.45) is 6.42. The zero-order valence-corrected chi connectivity index (χ0v) is 12.8. The van der Waals surface area contributed by atoms with E-state index < -0.39 is 5.97 Å². The molecule has 0 spiro atoms. The highest BCUT2D eigenvalue weighted by molar-refractivity contribution is 5.77. The summed E-state index contributed by atoms with van der Waals surface area (Å²) >= 11 is 0. The molecule has 5 atom stereocenters. The van der Waals surface area contributed by atoms with Crippen molar-refractivity contribution in [2.45, 2.75) is 51.5 Å². The van der Waals surface area contributed by atoms with Gasteiger partial charge in [-0.1, -0.05) is 13.3 Å². The number of carboxylic acids is 1. The van der Waals surface area contributed by atoms with Gasteiger partial charge in [-0.3, -0.25) is 4.79 Å². The molecule has 2 saturated carbocycles. The summed E-state index contributed by atoms with van der Waals surface area (Å²) < 4.78 is 0. The molecule has 0 aromatic carbocycles. The first kappa shape index (κ1) is 14.7. The van der Waals surface area contributed by atoms with Gasteiger partial charge in [-0.2, -0.15) is 0 Å². The van der Waals surface area contributed by atoms with Gasteiger partial charge in [0.25, 0.3) is 0 Å². The number of likely N-dealkylation sites (tertiary alicyclic amines) is 1. The minimum atomic E-state index is -0.738. The van der Waals surface area contributed by atoms with Crippen molar-refractivity contribution < 1.29 is 14.7 Å². The molecule has 5 heteroatoms. The molecule has 0 aromatic heterocycles. The summed E-state index contributed by atoms with van der Waals surface area (Å²) in [5.41, 5.74) is 0. The quantitative estimate of drug-likeness (QED) is 0.839. The van der Waals surface area contributed by atoms with Crippen molar-refractivity contribution in [3.05, 3.63) is 0 Å². The maximum absolute atomic E-state index is 12.5. The predicted molar refractivity (Wildman–Crippen MR) is 78.9 cm³/mol. The number of hydrogen-bond donors (Lipinski definition) is 2. The lowest BCUT2D eigenvalue weighted by Gasteiger charge is -2.35. The number of aliphatic carboxylic acids is 1. The summed E-state index contributed by atoms with van der Waals surface area (Å²) in [4.78, 5) is 25.9. The normalized spacial score (nSPS) is 38.5. The zero-order chi connectivity index (χ0) is 15.0. The molecule has 3 fully saturated rings. The van der Waals surface area contributed by atoms with Gasteiger partial charge in [0.05, 0.1) is 5.92 Å². The van der Waals surface area contributed by atoms with Gasteiger partial charge in [-0.25, -0.2) is 4.79 Å². The van der Waals surface area contributed by atoms with E-state index in [2.05, 4.69) is 12.2 Å². The Morgan fingerprint density at radius 3 is 2.71 bits per heavy atom. The van der Waals surface area contributed by atoms with Crippen LogP contribution in [0.2, 0.25) is 0 Å². The zero-order valence-electron chi connectivity index (χ0n) is 12.8. The monoisotopic (exact) mass is 294 g/mol.